The van der Waals surface area contributed by atoms with Gasteiger partial charge < -0.3 is 19.6 Å². The van der Waals surface area contributed by atoms with Crippen LogP contribution in [0.3, 0.4) is 0 Å². The Bertz CT molecular complexity index is 1010. The van der Waals surface area contributed by atoms with Crippen molar-refractivity contribution in [3.05, 3.63) is 64.9 Å². The number of Topliss-reactive ketones (excluding diaryl/α,β-unsaturated/α-hetero) is 1. The maximum atomic E-state index is 12.6. The summed E-state index contributed by atoms with van der Waals surface area (Å²) in [4.78, 5) is 12.6. The van der Waals surface area contributed by atoms with Crippen LogP contribution in [0.25, 0.3) is 11.3 Å². The van der Waals surface area contributed by atoms with E-state index in [2.05, 4.69) is 6.07 Å². The lowest BCUT2D eigenvalue weighted by Crippen LogP contribution is -2.27. The van der Waals surface area contributed by atoms with E-state index in [0.29, 0.717) is 35.7 Å². The molecule has 4 rings (SSSR count). The minimum absolute atomic E-state index is 0.0242. The fourth-order valence-electron chi connectivity index (χ4n) is 3.56. The third kappa shape index (κ3) is 2.87. The van der Waals surface area contributed by atoms with E-state index < -0.39 is 5.92 Å². The van der Waals surface area contributed by atoms with E-state index in [1.807, 2.05) is 30.3 Å². The molecule has 1 aliphatic carbocycles. The molecule has 0 radical (unpaired) electrons. The largest absolute Gasteiger partial charge is 0.497 e. The zero-order valence-electron chi connectivity index (χ0n) is 14.8. The van der Waals surface area contributed by atoms with Crippen molar-refractivity contribution < 1.29 is 18.7 Å². The maximum absolute atomic E-state index is 12.6. The predicted octanol–water partition coefficient (Wildman–Crippen LogP) is 3.77. The molecule has 1 atom stereocenters. The molecule has 6 heteroatoms. The molecule has 1 aromatic heterocycles. The Kier molecular flexibility index (Phi) is 4.21. The van der Waals surface area contributed by atoms with Crippen LogP contribution >= 0.6 is 0 Å². The number of rotatable bonds is 3. The summed E-state index contributed by atoms with van der Waals surface area (Å²) in [5.74, 6) is 1.84. The van der Waals surface area contributed by atoms with Gasteiger partial charge in [0, 0.05) is 24.0 Å². The van der Waals surface area contributed by atoms with Gasteiger partial charge in [0.15, 0.2) is 5.78 Å². The lowest BCUT2D eigenvalue weighted by atomic mass is 9.80. The highest BCUT2D eigenvalue weighted by Crippen LogP contribution is 2.44. The number of furan rings is 1. The number of methoxy groups -OCH3 is 1. The van der Waals surface area contributed by atoms with Crippen LogP contribution in [0.15, 0.2) is 63.6 Å². The second-order valence-electron chi connectivity index (χ2n) is 6.47. The third-order valence-corrected chi connectivity index (χ3v) is 4.89. The Morgan fingerprint density at radius 1 is 1.19 bits per heavy atom. The van der Waals surface area contributed by atoms with E-state index in [4.69, 9.17) is 19.6 Å². The first kappa shape index (κ1) is 17.0. The monoisotopic (exact) mass is 362 g/mol. The van der Waals surface area contributed by atoms with E-state index in [1.165, 1.54) is 0 Å². The number of nitrogens with zero attached hydrogens (tertiary/aromatic N) is 1. The molecular weight excluding hydrogens is 344 g/mol. The van der Waals surface area contributed by atoms with Gasteiger partial charge in [-0.15, -0.1) is 0 Å². The number of benzene rings is 1. The zero-order valence-corrected chi connectivity index (χ0v) is 14.8. The van der Waals surface area contributed by atoms with Crippen molar-refractivity contribution in [2.75, 3.05) is 7.11 Å². The van der Waals surface area contributed by atoms with Gasteiger partial charge in [0.05, 0.1) is 13.0 Å². The van der Waals surface area contributed by atoms with Crippen LogP contribution in [0.1, 0.15) is 30.9 Å². The van der Waals surface area contributed by atoms with Crippen molar-refractivity contribution in [3.63, 3.8) is 0 Å². The van der Waals surface area contributed by atoms with Crippen LogP contribution in [0.2, 0.25) is 0 Å². The van der Waals surface area contributed by atoms with Crippen molar-refractivity contribution in [2.45, 2.75) is 25.2 Å². The fraction of sp³-hybridized carbons (Fsp3) is 0.238. The van der Waals surface area contributed by atoms with E-state index in [0.717, 1.165) is 17.7 Å². The molecule has 0 spiro atoms. The van der Waals surface area contributed by atoms with Gasteiger partial charge in [0.25, 0.3) is 0 Å². The minimum atomic E-state index is -0.626. The van der Waals surface area contributed by atoms with Crippen LogP contribution in [0.4, 0.5) is 0 Å². The summed E-state index contributed by atoms with van der Waals surface area (Å²) in [6, 6.07) is 13.2. The van der Waals surface area contributed by atoms with Crippen LogP contribution in [-0.2, 0) is 9.53 Å². The number of ether oxygens (including phenoxy) is 2. The second kappa shape index (κ2) is 6.69. The number of carbonyl (C=O) groups excluding carboxylic acids is 1. The van der Waals surface area contributed by atoms with Gasteiger partial charge in [0.2, 0.25) is 5.88 Å². The standard InChI is InChI=1S/C21H18N2O4/c1-25-13-7-5-12(6-8-13)16-9-10-18(26-16)19-14(11-22)21(23)27-17-4-2-3-15(24)20(17)19/h5-10,19H,2-4,23H2,1H3. The first-order valence-electron chi connectivity index (χ1n) is 8.70. The Morgan fingerprint density at radius 2 is 1.96 bits per heavy atom. The molecule has 0 saturated carbocycles. The number of allylic oxidation sites excluding steroid dienone is 3. The van der Waals surface area contributed by atoms with Crippen LogP contribution in [0, 0.1) is 11.3 Å². The minimum Gasteiger partial charge on any atom is -0.497 e. The van der Waals surface area contributed by atoms with Gasteiger partial charge >= 0.3 is 0 Å². The molecule has 1 aliphatic heterocycles. The van der Waals surface area contributed by atoms with Crippen LogP contribution in [-0.4, -0.2) is 12.9 Å². The molecule has 0 fully saturated rings. The van der Waals surface area contributed by atoms with E-state index >= 15 is 0 Å². The molecule has 136 valence electrons. The Labute approximate surface area is 156 Å². The van der Waals surface area contributed by atoms with Gasteiger partial charge in [-0.05, 0) is 42.8 Å². The molecule has 0 bridgehead atoms. The molecule has 27 heavy (non-hydrogen) atoms. The SMILES string of the molecule is COc1ccc(-c2ccc(C3C(C#N)=C(N)OC4=C3C(=O)CCC4)o2)cc1. The summed E-state index contributed by atoms with van der Waals surface area (Å²) < 4.78 is 16.8. The van der Waals surface area contributed by atoms with Crippen molar-refractivity contribution in [1.29, 1.82) is 5.26 Å². The number of nitrogens with two attached hydrogens (primary N) is 1. The number of hydrogen-bond acceptors (Lipinski definition) is 6. The van der Waals surface area contributed by atoms with Gasteiger partial charge in [-0.25, -0.2) is 0 Å². The van der Waals surface area contributed by atoms with Gasteiger partial charge in [-0.3, -0.25) is 4.79 Å². The van der Waals surface area contributed by atoms with Crippen molar-refractivity contribution >= 4 is 5.78 Å². The van der Waals surface area contributed by atoms with Crippen LogP contribution in [0.5, 0.6) is 5.75 Å². The number of nitriles is 1. The molecular formula is C21H18N2O4. The van der Waals surface area contributed by atoms with Gasteiger partial charge in [0.1, 0.15) is 34.7 Å². The maximum Gasteiger partial charge on any atom is 0.205 e. The Hall–Kier alpha value is -3.46. The number of ketones is 1. The highest BCUT2D eigenvalue weighted by atomic mass is 16.5. The molecule has 0 saturated heterocycles. The molecule has 2 N–H and O–H groups in total. The smallest absolute Gasteiger partial charge is 0.205 e. The van der Waals surface area contributed by atoms with E-state index in [1.54, 1.807) is 13.2 Å². The van der Waals surface area contributed by atoms with Crippen molar-refractivity contribution in [2.24, 2.45) is 5.73 Å². The van der Waals surface area contributed by atoms with Crippen LogP contribution < -0.4 is 10.5 Å². The van der Waals surface area contributed by atoms with Gasteiger partial charge in [-0.2, -0.15) is 5.26 Å². The summed E-state index contributed by atoms with van der Waals surface area (Å²) in [6.07, 6.45) is 1.78. The Balaban J connectivity index is 1.77. The quantitative estimate of drug-likeness (QED) is 0.892. The van der Waals surface area contributed by atoms with E-state index in [-0.39, 0.29) is 17.2 Å². The first-order valence-corrected chi connectivity index (χ1v) is 8.70. The number of hydrogen-bond donors (Lipinski definition) is 1. The van der Waals surface area contributed by atoms with E-state index in [9.17, 15) is 10.1 Å². The highest BCUT2D eigenvalue weighted by molar-refractivity contribution is 5.99. The lowest BCUT2D eigenvalue weighted by molar-refractivity contribution is -0.116. The molecule has 2 aromatic rings. The average molecular weight is 362 g/mol. The molecule has 6 nitrogen and oxygen atoms in total. The predicted molar refractivity (Wildman–Crippen MR) is 97.2 cm³/mol. The molecule has 1 unspecified atom stereocenters. The Morgan fingerprint density at radius 3 is 2.67 bits per heavy atom. The summed E-state index contributed by atoms with van der Waals surface area (Å²) >= 11 is 0. The second-order valence-corrected chi connectivity index (χ2v) is 6.47. The summed E-state index contributed by atoms with van der Waals surface area (Å²) in [5.41, 5.74) is 7.52. The highest BCUT2D eigenvalue weighted by Gasteiger charge is 2.39. The average Bonchev–Trinajstić information content (AvgIpc) is 3.17. The van der Waals surface area contributed by atoms with Crippen molar-refractivity contribution in [3.8, 4) is 23.1 Å². The zero-order chi connectivity index (χ0) is 19.0. The third-order valence-electron chi connectivity index (χ3n) is 4.89. The molecule has 2 aliphatic rings. The summed E-state index contributed by atoms with van der Waals surface area (Å²) in [6.45, 7) is 0. The lowest BCUT2D eigenvalue weighted by Gasteiger charge is -2.29. The summed E-state index contributed by atoms with van der Waals surface area (Å²) in [5, 5.41) is 9.59. The summed E-state index contributed by atoms with van der Waals surface area (Å²) in [7, 11) is 1.61. The first-order chi connectivity index (χ1) is 13.1. The fourth-order valence-corrected chi connectivity index (χ4v) is 3.56. The topological polar surface area (TPSA) is 98.5 Å². The normalized spacial score (nSPS) is 19.4. The molecule has 0 amide bonds. The molecule has 2 heterocycles. The number of carbonyl (C=O) groups is 1. The molecule has 1 aromatic carbocycles. The van der Waals surface area contributed by atoms with Crippen molar-refractivity contribution in [1.82, 2.24) is 0 Å². The van der Waals surface area contributed by atoms with Gasteiger partial charge in [-0.1, -0.05) is 0 Å².